The highest BCUT2D eigenvalue weighted by molar-refractivity contribution is 14.1. The van der Waals surface area contributed by atoms with E-state index in [9.17, 15) is 24.0 Å². The maximum atomic E-state index is 11.6. The SMILES string of the molecule is CCC(=O)O.O=C(O)CCN(C(=O)CI)N1C(=O)CCC1=O. The number of carbonyl (C=O) groups excluding carboxylic acids is 3. The molecule has 1 aliphatic heterocycles. The summed E-state index contributed by atoms with van der Waals surface area (Å²) in [6, 6.07) is 0. The van der Waals surface area contributed by atoms with E-state index in [4.69, 9.17) is 10.2 Å². The van der Waals surface area contributed by atoms with Crippen molar-refractivity contribution in [3.05, 3.63) is 0 Å². The van der Waals surface area contributed by atoms with Crippen LogP contribution in [0, 0.1) is 0 Å². The number of aliphatic carboxylic acids is 2. The highest BCUT2D eigenvalue weighted by atomic mass is 127. The van der Waals surface area contributed by atoms with Crippen LogP contribution in [0.4, 0.5) is 0 Å². The summed E-state index contributed by atoms with van der Waals surface area (Å²) in [7, 11) is 0. The zero-order chi connectivity index (χ0) is 17.3. The Morgan fingerprint density at radius 3 is 1.91 bits per heavy atom. The zero-order valence-electron chi connectivity index (χ0n) is 12.0. The summed E-state index contributed by atoms with van der Waals surface area (Å²) in [5, 5.41) is 18.0. The normalized spacial score (nSPS) is 13.5. The molecule has 0 aromatic rings. The van der Waals surface area contributed by atoms with E-state index in [0.717, 1.165) is 10.0 Å². The van der Waals surface area contributed by atoms with E-state index in [2.05, 4.69) is 0 Å². The average molecular weight is 428 g/mol. The Bertz CT molecular complexity index is 450. The summed E-state index contributed by atoms with van der Waals surface area (Å²) in [6.07, 6.45) is 0.0489. The predicted molar refractivity (Wildman–Crippen MR) is 81.9 cm³/mol. The van der Waals surface area contributed by atoms with Gasteiger partial charge >= 0.3 is 11.9 Å². The van der Waals surface area contributed by atoms with Crippen molar-refractivity contribution in [3.63, 3.8) is 0 Å². The standard InChI is InChI=1S/C9H11IN2O5.C3H6O2/c10-5-8(15)11(4-3-9(16)17)12-6(13)1-2-7(12)14;1-2-3(4)5/h1-5H2,(H,16,17);2H2,1H3,(H,4,5). The van der Waals surface area contributed by atoms with Crippen LogP contribution in [-0.4, -0.2) is 60.9 Å². The zero-order valence-corrected chi connectivity index (χ0v) is 14.1. The second-order valence-corrected chi connectivity index (χ2v) is 4.90. The number of hydrazine groups is 1. The van der Waals surface area contributed by atoms with Gasteiger partial charge in [0.05, 0.1) is 17.4 Å². The van der Waals surface area contributed by atoms with Gasteiger partial charge in [0.2, 0.25) is 11.8 Å². The van der Waals surface area contributed by atoms with Crippen molar-refractivity contribution in [3.8, 4) is 0 Å². The Balaban J connectivity index is 0.000000763. The van der Waals surface area contributed by atoms with E-state index in [1.165, 1.54) is 0 Å². The topological polar surface area (TPSA) is 132 Å². The van der Waals surface area contributed by atoms with Gasteiger partial charge in [-0.15, -0.1) is 0 Å². The molecule has 0 aliphatic carbocycles. The maximum Gasteiger partial charge on any atom is 0.305 e. The van der Waals surface area contributed by atoms with Crippen molar-refractivity contribution >= 4 is 52.3 Å². The molecule has 0 radical (unpaired) electrons. The number of carbonyl (C=O) groups is 5. The van der Waals surface area contributed by atoms with Crippen LogP contribution in [0.15, 0.2) is 0 Å². The minimum Gasteiger partial charge on any atom is -0.481 e. The lowest BCUT2D eigenvalue weighted by Crippen LogP contribution is -2.50. The molecule has 0 spiro atoms. The van der Waals surface area contributed by atoms with Gasteiger partial charge in [0.25, 0.3) is 5.91 Å². The van der Waals surface area contributed by atoms with Crippen molar-refractivity contribution in [2.45, 2.75) is 32.6 Å². The number of alkyl halides is 1. The molecule has 124 valence electrons. The first-order valence-corrected chi connectivity index (χ1v) is 7.92. The molecule has 0 bridgehead atoms. The van der Waals surface area contributed by atoms with E-state index in [1.54, 1.807) is 29.5 Å². The second kappa shape index (κ2) is 10.1. The quantitative estimate of drug-likeness (QED) is 0.353. The molecule has 10 heteroatoms. The lowest BCUT2D eigenvalue weighted by Gasteiger charge is -2.28. The van der Waals surface area contributed by atoms with Gasteiger partial charge < -0.3 is 10.2 Å². The third kappa shape index (κ3) is 6.83. The fourth-order valence-corrected chi connectivity index (χ4v) is 1.83. The minimum atomic E-state index is -1.09. The molecule has 3 amide bonds. The molecular formula is C12H17IN2O7. The molecule has 1 fully saturated rings. The van der Waals surface area contributed by atoms with Crippen LogP contribution in [0.2, 0.25) is 0 Å². The first-order valence-electron chi connectivity index (χ1n) is 6.40. The molecule has 1 saturated heterocycles. The summed E-state index contributed by atoms with van der Waals surface area (Å²) in [5.41, 5.74) is 0. The lowest BCUT2D eigenvalue weighted by atomic mass is 10.4. The number of carboxylic acids is 2. The molecule has 0 saturated carbocycles. The smallest absolute Gasteiger partial charge is 0.305 e. The van der Waals surface area contributed by atoms with Gasteiger partial charge in [-0.2, -0.15) is 5.01 Å². The Labute approximate surface area is 140 Å². The number of hydrogen-bond acceptors (Lipinski definition) is 5. The largest absolute Gasteiger partial charge is 0.481 e. The van der Waals surface area contributed by atoms with Gasteiger partial charge in [-0.05, 0) is 0 Å². The number of hydrogen-bond donors (Lipinski definition) is 2. The summed E-state index contributed by atoms with van der Waals surface area (Å²) in [4.78, 5) is 54.3. The Morgan fingerprint density at radius 2 is 1.59 bits per heavy atom. The molecule has 1 heterocycles. The minimum absolute atomic E-state index is 0.0664. The molecule has 9 nitrogen and oxygen atoms in total. The lowest BCUT2D eigenvalue weighted by molar-refractivity contribution is -0.168. The Morgan fingerprint density at radius 1 is 1.14 bits per heavy atom. The van der Waals surface area contributed by atoms with E-state index in [0.29, 0.717) is 0 Å². The molecule has 0 aromatic heterocycles. The van der Waals surface area contributed by atoms with Crippen molar-refractivity contribution in [1.29, 1.82) is 0 Å². The molecule has 0 unspecified atom stereocenters. The third-order valence-corrected chi connectivity index (χ3v) is 3.16. The van der Waals surface area contributed by atoms with E-state index in [1.807, 2.05) is 0 Å². The number of imide groups is 1. The number of amides is 3. The van der Waals surface area contributed by atoms with Crippen molar-refractivity contribution in [1.82, 2.24) is 10.0 Å². The van der Waals surface area contributed by atoms with Crippen molar-refractivity contribution in [2.24, 2.45) is 0 Å². The van der Waals surface area contributed by atoms with Gasteiger partial charge in [-0.3, -0.25) is 24.0 Å². The van der Waals surface area contributed by atoms with Crippen molar-refractivity contribution < 1.29 is 34.2 Å². The van der Waals surface area contributed by atoms with Crippen LogP contribution in [-0.2, 0) is 24.0 Å². The van der Waals surface area contributed by atoms with Gasteiger partial charge in [0.15, 0.2) is 0 Å². The molecule has 1 rings (SSSR count). The number of rotatable bonds is 6. The van der Waals surface area contributed by atoms with E-state index >= 15 is 0 Å². The number of halogens is 1. The summed E-state index contributed by atoms with van der Waals surface area (Å²) in [5.74, 6) is -3.20. The van der Waals surface area contributed by atoms with Crippen molar-refractivity contribution in [2.75, 3.05) is 11.0 Å². The molecular weight excluding hydrogens is 411 g/mol. The fraction of sp³-hybridized carbons (Fsp3) is 0.583. The highest BCUT2D eigenvalue weighted by Crippen LogP contribution is 2.16. The highest BCUT2D eigenvalue weighted by Gasteiger charge is 2.36. The predicted octanol–water partition coefficient (Wildman–Crippen LogP) is 0.270. The van der Waals surface area contributed by atoms with Crippen LogP contribution in [0.5, 0.6) is 0 Å². The van der Waals surface area contributed by atoms with Crippen LogP contribution in [0.3, 0.4) is 0 Å². The van der Waals surface area contributed by atoms with Crippen LogP contribution >= 0.6 is 22.6 Å². The van der Waals surface area contributed by atoms with E-state index in [-0.39, 0.29) is 36.7 Å². The van der Waals surface area contributed by atoms with Crippen LogP contribution in [0.25, 0.3) is 0 Å². The average Bonchev–Trinajstić information content (AvgIpc) is 2.79. The summed E-state index contributed by atoms with van der Waals surface area (Å²) < 4.78 is 0.0778. The van der Waals surface area contributed by atoms with Gasteiger partial charge in [0, 0.05) is 19.3 Å². The number of carboxylic acid groups (broad SMARTS) is 2. The van der Waals surface area contributed by atoms with Crippen LogP contribution in [0.1, 0.15) is 32.6 Å². The molecule has 1 aliphatic rings. The second-order valence-electron chi connectivity index (χ2n) is 4.14. The van der Waals surface area contributed by atoms with Crippen LogP contribution < -0.4 is 0 Å². The fourth-order valence-electron chi connectivity index (χ4n) is 1.44. The molecule has 22 heavy (non-hydrogen) atoms. The Hall–Kier alpha value is -1.72. The summed E-state index contributed by atoms with van der Waals surface area (Å²) >= 11 is 1.80. The Kier molecular flexibility index (Phi) is 9.29. The number of nitrogens with zero attached hydrogens (tertiary/aromatic N) is 2. The monoisotopic (exact) mass is 428 g/mol. The third-order valence-electron chi connectivity index (χ3n) is 2.51. The molecule has 2 N–H and O–H groups in total. The van der Waals surface area contributed by atoms with Gasteiger partial charge in [-0.25, -0.2) is 5.01 Å². The first-order chi connectivity index (χ1) is 10.2. The van der Waals surface area contributed by atoms with Gasteiger partial charge in [0.1, 0.15) is 0 Å². The molecule has 0 aromatic carbocycles. The summed E-state index contributed by atoms with van der Waals surface area (Å²) in [6.45, 7) is 1.43. The van der Waals surface area contributed by atoms with E-state index < -0.39 is 29.7 Å². The maximum absolute atomic E-state index is 11.6. The molecule has 0 atom stereocenters. The first kappa shape index (κ1) is 20.3. The van der Waals surface area contributed by atoms with Gasteiger partial charge in [-0.1, -0.05) is 29.5 Å².